The number of hydrazine groups is 1. The van der Waals surface area contributed by atoms with Gasteiger partial charge in [-0.2, -0.15) is 0 Å². The second-order valence-electron chi connectivity index (χ2n) is 6.87. The van der Waals surface area contributed by atoms with Gasteiger partial charge in [0.1, 0.15) is 11.5 Å². The number of amides is 2. The largest absolute Gasteiger partial charge is 0.496 e. The van der Waals surface area contributed by atoms with Crippen molar-refractivity contribution < 1.29 is 27.5 Å². The number of hydrogen-bond donors (Lipinski definition) is 3. The van der Waals surface area contributed by atoms with Crippen molar-refractivity contribution in [3.05, 3.63) is 53.6 Å². The lowest BCUT2D eigenvalue weighted by molar-refractivity contribution is 0.0844. The van der Waals surface area contributed by atoms with Crippen molar-refractivity contribution in [2.75, 3.05) is 13.7 Å². The average Bonchev–Trinajstić information content (AvgIpc) is 2.70. The van der Waals surface area contributed by atoms with E-state index in [4.69, 9.17) is 14.6 Å². The van der Waals surface area contributed by atoms with Crippen LogP contribution in [0, 0.1) is 5.92 Å². The summed E-state index contributed by atoms with van der Waals surface area (Å²) >= 11 is 0. The molecule has 2 amide bonds. The maximum Gasteiger partial charge on any atom is 0.273 e. The summed E-state index contributed by atoms with van der Waals surface area (Å²) in [5.41, 5.74) is 4.70. The van der Waals surface area contributed by atoms with Crippen molar-refractivity contribution in [3.8, 4) is 11.5 Å². The first kappa shape index (κ1) is 23.2. The minimum atomic E-state index is -4.01. The normalized spacial score (nSPS) is 11.1. The van der Waals surface area contributed by atoms with E-state index in [9.17, 15) is 18.0 Å². The first-order valence-electron chi connectivity index (χ1n) is 9.16. The molecule has 10 heteroatoms. The number of ether oxygens (including phenoxy) is 2. The number of carbonyl (C=O) groups excluding carboxylic acids is 2. The Labute approximate surface area is 175 Å². The van der Waals surface area contributed by atoms with E-state index in [1.165, 1.54) is 19.2 Å². The third-order valence-corrected chi connectivity index (χ3v) is 5.03. The van der Waals surface area contributed by atoms with Crippen molar-refractivity contribution in [1.29, 1.82) is 0 Å². The molecular formula is C20H25N3O6S. The van der Waals surface area contributed by atoms with Gasteiger partial charge in [-0.25, -0.2) is 13.6 Å². The molecule has 9 nitrogen and oxygen atoms in total. The molecule has 0 aromatic heterocycles. The topological polar surface area (TPSA) is 137 Å². The van der Waals surface area contributed by atoms with Crippen LogP contribution in [0.2, 0.25) is 0 Å². The molecule has 2 aromatic carbocycles. The van der Waals surface area contributed by atoms with Crippen molar-refractivity contribution in [1.82, 2.24) is 10.9 Å². The van der Waals surface area contributed by atoms with Crippen LogP contribution in [0.1, 0.15) is 41.0 Å². The molecule has 162 valence electrons. The molecule has 30 heavy (non-hydrogen) atoms. The van der Waals surface area contributed by atoms with Crippen LogP contribution in [-0.2, 0) is 10.0 Å². The summed E-state index contributed by atoms with van der Waals surface area (Å²) in [4.78, 5) is 24.4. The van der Waals surface area contributed by atoms with Gasteiger partial charge in [-0.15, -0.1) is 0 Å². The van der Waals surface area contributed by atoms with Crippen LogP contribution in [-0.4, -0.2) is 33.9 Å². The number of primary sulfonamides is 1. The molecule has 0 spiro atoms. The smallest absolute Gasteiger partial charge is 0.273 e. The predicted molar refractivity (Wildman–Crippen MR) is 111 cm³/mol. The number of nitrogens with two attached hydrogens (primary N) is 1. The van der Waals surface area contributed by atoms with Gasteiger partial charge in [-0.05, 0) is 54.8 Å². The highest BCUT2D eigenvalue weighted by atomic mass is 32.2. The van der Waals surface area contributed by atoms with Gasteiger partial charge < -0.3 is 9.47 Å². The predicted octanol–water partition coefficient (Wildman–Crippen LogP) is 1.84. The molecule has 0 fully saturated rings. The van der Waals surface area contributed by atoms with E-state index in [-0.39, 0.29) is 16.2 Å². The fraction of sp³-hybridized carbons (Fsp3) is 0.300. The summed E-state index contributed by atoms with van der Waals surface area (Å²) in [6.45, 7) is 4.79. The number of benzene rings is 2. The molecular weight excluding hydrogens is 410 g/mol. The second kappa shape index (κ2) is 10.1. The minimum Gasteiger partial charge on any atom is -0.496 e. The Balaban J connectivity index is 2.01. The fourth-order valence-corrected chi connectivity index (χ4v) is 2.95. The summed E-state index contributed by atoms with van der Waals surface area (Å²) in [5, 5.41) is 5.09. The molecule has 0 unspecified atom stereocenters. The lowest BCUT2D eigenvalue weighted by atomic mass is 10.1. The van der Waals surface area contributed by atoms with Crippen LogP contribution in [0.4, 0.5) is 0 Å². The maximum absolute atomic E-state index is 12.4. The number of carbonyl (C=O) groups is 2. The molecule has 0 bridgehead atoms. The molecule has 0 aliphatic rings. The molecule has 4 N–H and O–H groups in total. The fourth-order valence-electron chi connectivity index (χ4n) is 2.41. The van der Waals surface area contributed by atoms with Gasteiger partial charge in [-0.1, -0.05) is 13.8 Å². The van der Waals surface area contributed by atoms with E-state index < -0.39 is 21.8 Å². The molecule has 0 saturated carbocycles. The zero-order chi connectivity index (χ0) is 22.3. The number of rotatable bonds is 8. The van der Waals surface area contributed by atoms with E-state index in [0.29, 0.717) is 23.8 Å². The van der Waals surface area contributed by atoms with Gasteiger partial charge >= 0.3 is 0 Å². The molecule has 0 aliphatic carbocycles. The molecule has 2 aromatic rings. The first-order chi connectivity index (χ1) is 14.1. The SMILES string of the molecule is COc1ccc(S(N)(=O)=O)cc1C(=O)NNC(=O)c1ccc(OCCC(C)C)cc1. The van der Waals surface area contributed by atoms with Crippen molar-refractivity contribution >= 4 is 21.8 Å². The summed E-state index contributed by atoms with van der Waals surface area (Å²) < 4.78 is 33.7. The van der Waals surface area contributed by atoms with E-state index in [0.717, 1.165) is 12.5 Å². The Kier molecular flexibility index (Phi) is 7.79. The van der Waals surface area contributed by atoms with Crippen LogP contribution in [0.25, 0.3) is 0 Å². The molecule has 0 saturated heterocycles. The van der Waals surface area contributed by atoms with Gasteiger partial charge in [-0.3, -0.25) is 20.4 Å². The number of hydrogen-bond acceptors (Lipinski definition) is 6. The third kappa shape index (κ3) is 6.46. The van der Waals surface area contributed by atoms with Crippen LogP contribution in [0.5, 0.6) is 11.5 Å². The quantitative estimate of drug-likeness (QED) is 0.541. The Morgan fingerprint density at radius 1 is 1.03 bits per heavy atom. The third-order valence-electron chi connectivity index (χ3n) is 4.11. The van der Waals surface area contributed by atoms with E-state index in [1.807, 2.05) is 0 Å². The summed E-state index contributed by atoms with van der Waals surface area (Å²) in [6.07, 6.45) is 0.921. The standard InChI is InChI=1S/C20H25N3O6S/c1-13(2)10-11-29-15-6-4-14(5-7-15)19(24)22-23-20(25)17-12-16(30(21,26)27)8-9-18(17)28-3/h4-9,12-13H,10-11H2,1-3H3,(H,22,24)(H,23,25)(H2,21,26,27). The minimum absolute atomic E-state index is 0.0989. The molecule has 0 aliphatic heterocycles. The molecule has 0 atom stereocenters. The number of sulfonamides is 1. The Bertz CT molecular complexity index is 1000. The van der Waals surface area contributed by atoms with Gasteiger partial charge in [0, 0.05) is 5.56 Å². The molecule has 0 radical (unpaired) electrons. The van der Waals surface area contributed by atoms with Crippen LogP contribution >= 0.6 is 0 Å². The molecule has 2 rings (SSSR count). The summed E-state index contributed by atoms with van der Waals surface area (Å²) in [7, 11) is -2.68. The average molecular weight is 436 g/mol. The Morgan fingerprint density at radius 3 is 2.23 bits per heavy atom. The van der Waals surface area contributed by atoms with Gasteiger partial charge in [0.25, 0.3) is 11.8 Å². The lowest BCUT2D eigenvalue weighted by Crippen LogP contribution is -2.41. The Hall–Kier alpha value is -3.11. The second-order valence-corrected chi connectivity index (χ2v) is 8.43. The highest BCUT2D eigenvalue weighted by Crippen LogP contribution is 2.21. The van der Waals surface area contributed by atoms with E-state index in [2.05, 4.69) is 24.7 Å². The van der Waals surface area contributed by atoms with Crippen molar-refractivity contribution in [3.63, 3.8) is 0 Å². The van der Waals surface area contributed by atoms with Gasteiger partial charge in [0.2, 0.25) is 10.0 Å². The number of nitrogens with one attached hydrogen (secondary N) is 2. The monoisotopic (exact) mass is 435 g/mol. The van der Waals surface area contributed by atoms with Crippen LogP contribution in [0.15, 0.2) is 47.4 Å². The van der Waals surface area contributed by atoms with Gasteiger partial charge in [0.15, 0.2) is 0 Å². The summed E-state index contributed by atoms with van der Waals surface area (Å²) in [6, 6.07) is 10.0. The number of methoxy groups -OCH3 is 1. The van der Waals surface area contributed by atoms with Gasteiger partial charge in [0.05, 0.1) is 24.2 Å². The maximum atomic E-state index is 12.4. The zero-order valence-corrected chi connectivity index (χ0v) is 17.8. The summed E-state index contributed by atoms with van der Waals surface area (Å²) in [5.74, 6) is -0.0289. The van der Waals surface area contributed by atoms with E-state index in [1.54, 1.807) is 24.3 Å². The van der Waals surface area contributed by atoms with Crippen LogP contribution < -0.4 is 25.5 Å². The zero-order valence-electron chi connectivity index (χ0n) is 17.0. The van der Waals surface area contributed by atoms with Crippen LogP contribution in [0.3, 0.4) is 0 Å². The lowest BCUT2D eigenvalue weighted by Gasteiger charge is -2.12. The highest BCUT2D eigenvalue weighted by Gasteiger charge is 2.18. The van der Waals surface area contributed by atoms with Crippen molar-refractivity contribution in [2.24, 2.45) is 11.1 Å². The molecule has 0 heterocycles. The Morgan fingerprint density at radius 2 is 1.67 bits per heavy atom. The van der Waals surface area contributed by atoms with Crippen molar-refractivity contribution in [2.45, 2.75) is 25.2 Å². The van der Waals surface area contributed by atoms with E-state index >= 15 is 0 Å². The highest BCUT2D eigenvalue weighted by molar-refractivity contribution is 7.89. The first-order valence-corrected chi connectivity index (χ1v) is 10.7.